The maximum absolute atomic E-state index is 12.5. The fourth-order valence-corrected chi connectivity index (χ4v) is 3.53. The predicted octanol–water partition coefficient (Wildman–Crippen LogP) is 4.07. The van der Waals surface area contributed by atoms with Crippen LogP contribution in [-0.4, -0.2) is 41.1 Å². The lowest BCUT2D eigenvalue weighted by atomic mass is 10.1. The van der Waals surface area contributed by atoms with Crippen LogP contribution in [0.1, 0.15) is 26.5 Å². The molecule has 0 saturated heterocycles. The Morgan fingerprint density at radius 1 is 1.04 bits per heavy atom. The molecule has 0 bridgehead atoms. The van der Waals surface area contributed by atoms with E-state index in [0.29, 0.717) is 5.76 Å². The van der Waals surface area contributed by atoms with Gasteiger partial charge in [-0.15, -0.1) is 0 Å². The maximum Gasteiger partial charge on any atom is 0.263 e. The van der Waals surface area contributed by atoms with Crippen LogP contribution in [0.15, 0.2) is 22.8 Å². The monoisotopic (exact) mass is 437 g/mol. The minimum Gasteiger partial charge on any atom is -0.467 e. The number of hydrogen-bond acceptors (Lipinski definition) is 5. The lowest BCUT2D eigenvalue weighted by Crippen LogP contribution is -2.38. The SMILES string of the molecule is O=C1c2c(Cl)c(Cl)c(Cl)c(Cl)c2C(=O)N1CC(O)COCc1ccco1. The highest BCUT2D eigenvalue weighted by molar-refractivity contribution is 6.55. The van der Waals surface area contributed by atoms with Crippen LogP contribution >= 0.6 is 46.4 Å². The Morgan fingerprint density at radius 2 is 1.62 bits per heavy atom. The van der Waals surface area contributed by atoms with E-state index < -0.39 is 17.9 Å². The quantitative estimate of drug-likeness (QED) is 0.417. The van der Waals surface area contributed by atoms with Crippen LogP contribution in [0.25, 0.3) is 0 Å². The third-order valence-corrected chi connectivity index (χ3v) is 5.52. The average Bonchev–Trinajstić information content (AvgIpc) is 3.20. The number of ether oxygens (including phenoxy) is 1. The second-order valence-electron chi connectivity index (χ2n) is 5.48. The lowest BCUT2D eigenvalue weighted by Gasteiger charge is -2.18. The summed E-state index contributed by atoms with van der Waals surface area (Å²) in [6.45, 7) is -0.265. The van der Waals surface area contributed by atoms with Crippen LogP contribution in [0.5, 0.6) is 0 Å². The van der Waals surface area contributed by atoms with Crippen molar-refractivity contribution < 1.29 is 23.8 Å². The standard InChI is InChI=1S/C16H11Cl4NO5/c17-11-9-10(12(18)14(20)13(11)19)16(24)21(15(9)23)4-7(22)5-25-6-8-2-1-3-26-8/h1-3,7,22H,4-6H2. The number of hydrogen-bond donors (Lipinski definition) is 1. The Morgan fingerprint density at radius 3 is 2.12 bits per heavy atom. The van der Waals surface area contributed by atoms with Gasteiger partial charge in [0.2, 0.25) is 0 Å². The smallest absolute Gasteiger partial charge is 0.263 e. The number of nitrogens with zero attached hydrogens (tertiary/aromatic N) is 1. The molecule has 1 aliphatic rings. The summed E-state index contributed by atoms with van der Waals surface area (Å²) in [6, 6.07) is 3.42. The Bertz CT molecular complexity index is 821. The molecule has 1 aliphatic heterocycles. The molecule has 0 aliphatic carbocycles. The van der Waals surface area contributed by atoms with E-state index in [1.807, 2.05) is 0 Å². The molecule has 1 atom stereocenters. The summed E-state index contributed by atoms with van der Waals surface area (Å²) in [5, 5.41) is 9.56. The lowest BCUT2D eigenvalue weighted by molar-refractivity contribution is 0.00768. The Balaban J connectivity index is 1.72. The van der Waals surface area contributed by atoms with Crippen molar-refractivity contribution in [1.29, 1.82) is 0 Å². The fourth-order valence-electron chi connectivity index (χ4n) is 2.52. The van der Waals surface area contributed by atoms with Gasteiger partial charge in [0.25, 0.3) is 11.8 Å². The number of β-amino-alcohol motifs (C(OH)–C–C–N with tert-alkyl or cyclic N) is 1. The minimum absolute atomic E-state index is 0.109. The maximum atomic E-state index is 12.5. The molecule has 0 spiro atoms. The van der Waals surface area contributed by atoms with Gasteiger partial charge in [-0.25, -0.2) is 0 Å². The Hall–Kier alpha value is -1.28. The van der Waals surface area contributed by atoms with Crippen LogP contribution < -0.4 is 0 Å². The van der Waals surface area contributed by atoms with Gasteiger partial charge in [-0.05, 0) is 12.1 Å². The molecule has 2 aromatic rings. The van der Waals surface area contributed by atoms with Crippen molar-refractivity contribution in [3.63, 3.8) is 0 Å². The number of rotatable bonds is 6. The molecule has 2 amide bonds. The number of furan rings is 1. The summed E-state index contributed by atoms with van der Waals surface area (Å²) in [4.78, 5) is 25.9. The van der Waals surface area contributed by atoms with Gasteiger partial charge in [-0.2, -0.15) is 0 Å². The molecule has 26 heavy (non-hydrogen) atoms. The number of benzene rings is 1. The highest BCUT2D eigenvalue weighted by Gasteiger charge is 2.42. The predicted molar refractivity (Wildman–Crippen MR) is 96.2 cm³/mol. The summed E-state index contributed by atoms with van der Waals surface area (Å²) in [5.74, 6) is -0.832. The highest BCUT2D eigenvalue weighted by Crippen LogP contribution is 2.44. The number of carbonyl (C=O) groups excluding carboxylic acids is 2. The molecule has 6 nitrogen and oxygen atoms in total. The molecule has 10 heteroatoms. The molecule has 0 radical (unpaired) electrons. The third-order valence-electron chi connectivity index (χ3n) is 3.71. The first-order chi connectivity index (χ1) is 12.3. The first kappa shape index (κ1) is 19.5. The third kappa shape index (κ3) is 3.45. The van der Waals surface area contributed by atoms with Crippen molar-refractivity contribution >= 4 is 58.2 Å². The van der Waals surface area contributed by atoms with E-state index in [1.54, 1.807) is 12.1 Å². The van der Waals surface area contributed by atoms with Gasteiger partial charge in [0, 0.05) is 0 Å². The molecule has 1 aromatic heterocycles. The minimum atomic E-state index is -1.12. The Labute approximate surface area is 168 Å². The number of aliphatic hydroxyl groups excluding tert-OH is 1. The van der Waals surface area contributed by atoms with Crippen molar-refractivity contribution in [2.45, 2.75) is 12.7 Å². The highest BCUT2D eigenvalue weighted by atomic mass is 35.5. The van der Waals surface area contributed by atoms with E-state index in [4.69, 9.17) is 55.6 Å². The van der Waals surface area contributed by atoms with E-state index in [-0.39, 0.29) is 51.0 Å². The van der Waals surface area contributed by atoms with Gasteiger partial charge < -0.3 is 14.3 Å². The zero-order chi connectivity index (χ0) is 19.0. The number of amides is 2. The van der Waals surface area contributed by atoms with Crippen LogP contribution in [0, 0.1) is 0 Å². The molecule has 0 fully saturated rings. The first-order valence-electron chi connectivity index (χ1n) is 7.33. The number of halogens is 4. The van der Waals surface area contributed by atoms with Gasteiger partial charge in [-0.3, -0.25) is 14.5 Å². The topological polar surface area (TPSA) is 80.0 Å². The number of fused-ring (bicyclic) bond motifs is 1. The zero-order valence-electron chi connectivity index (χ0n) is 13.0. The second-order valence-corrected chi connectivity index (χ2v) is 6.99. The normalized spacial score (nSPS) is 14.9. The molecular weight excluding hydrogens is 428 g/mol. The molecule has 2 heterocycles. The fraction of sp³-hybridized carbons (Fsp3) is 0.250. The van der Waals surface area contributed by atoms with Crippen molar-refractivity contribution in [3.8, 4) is 0 Å². The van der Waals surface area contributed by atoms with Gasteiger partial charge in [-0.1, -0.05) is 46.4 Å². The second kappa shape index (κ2) is 7.76. The van der Waals surface area contributed by atoms with Crippen LogP contribution in [0.2, 0.25) is 20.1 Å². The van der Waals surface area contributed by atoms with Crippen molar-refractivity contribution in [1.82, 2.24) is 4.90 Å². The van der Waals surface area contributed by atoms with E-state index in [0.717, 1.165) is 4.90 Å². The molecular formula is C16H11Cl4NO5. The van der Waals surface area contributed by atoms with Crippen LogP contribution in [0.4, 0.5) is 0 Å². The number of aliphatic hydroxyl groups is 1. The van der Waals surface area contributed by atoms with Crippen LogP contribution in [0.3, 0.4) is 0 Å². The molecule has 1 unspecified atom stereocenters. The van der Waals surface area contributed by atoms with Gasteiger partial charge in [0.1, 0.15) is 12.4 Å². The zero-order valence-corrected chi connectivity index (χ0v) is 16.0. The number of imide groups is 1. The molecule has 0 saturated carbocycles. The Kier molecular flexibility index (Phi) is 5.81. The molecule has 1 N–H and O–H groups in total. The molecule has 3 rings (SSSR count). The van der Waals surface area contributed by atoms with E-state index in [9.17, 15) is 14.7 Å². The van der Waals surface area contributed by atoms with Crippen molar-refractivity contribution in [2.75, 3.05) is 13.2 Å². The summed E-state index contributed by atoms with van der Waals surface area (Å²) in [6.07, 6.45) is 0.383. The number of carbonyl (C=O) groups is 2. The first-order valence-corrected chi connectivity index (χ1v) is 8.84. The van der Waals surface area contributed by atoms with E-state index >= 15 is 0 Å². The molecule has 138 valence electrons. The molecule has 1 aromatic carbocycles. The van der Waals surface area contributed by atoms with Gasteiger partial charge >= 0.3 is 0 Å². The largest absolute Gasteiger partial charge is 0.467 e. The van der Waals surface area contributed by atoms with Crippen molar-refractivity contribution in [3.05, 3.63) is 55.4 Å². The van der Waals surface area contributed by atoms with Gasteiger partial charge in [0.15, 0.2) is 0 Å². The van der Waals surface area contributed by atoms with E-state index in [1.165, 1.54) is 6.26 Å². The summed E-state index contributed by atoms with van der Waals surface area (Å²) < 4.78 is 10.4. The van der Waals surface area contributed by atoms with Gasteiger partial charge in [0.05, 0.1) is 56.7 Å². The summed E-state index contributed by atoms with van der Waals surface area (Å²) in [5.41, 5.74) is -0.250. The summed E-state index contributed by atoms with van der Waals surface area (Å²) in [7, 11) is 0. The van der Waals surface area contributed by atoms with E-state index in [2.05, 4.69) is 0 Å². The van der Waals surface area contributed by atoms with Crippen LogP contribution in [-0.2, 0) is 11.3 Å². The van der Waals surface area contributed by atoms with Crippen molar-refractivity contribution in [2.24, 2.45) is 0 Å². The summed E-state index contributed by atoms with van der Waals surface area (Å²) >= 11 is 24.0. The average molecular weight is 439 g/mol.